The molecule has 4 rings (SSSR count). The summed E-state index contributed by atoms with van der Waals surface area (Å²) in [5.74, 6) is -0.565. The van der Waals surface area contributed by atoms with Gasteiger partial charge in [-0.1, -0.05) is 34.4 Å². The van der Waals surface area contributed by atoms with Crippen molar-refractivity contribution >= 4 is 40.7 Å². The first-order chi connectivity index (χ1) is 15.2. The summed E-state index contributed by atoms with van der Waals surface area (Å²) < 4.78 is 0. The van der Waals surface area contributed by atoms with Crippen molar-refractivity contribution in [1.82, 2.24) is 10.4 Å². The summed E-state index contributed by atoms with van der Waals surface area (Å²) in [6.07, 6.45) is 0.523. The third kappa shape index (κ3) is 4.33. The zero-order chi connectivity index (χ0) is 23.0. The number of hydrogen-bond acceptors (Lipinski definition) is 5. The van der Waals surface area contributed by atoms with Crippen molar-refractivity contribution in [3.8, 4) is 0 Å². The van der Waals surface area contributed by atoms with Gasteiger partial charge in [0.05, 0.1) is 5.71 Å². The van der Waals surface area contributed by atoms with Gasteiger partial charge < -0.3 is 10.2 Å². The fourth-order valence-corrected chi connectivity index (χ4v) is 4.39. The molecule has 2 aromatic rings. The van der Waals surface area contributed by atoms with E-state index in [9.17, 15) is 9.59 Å². The highest BCUT2D eigenvalue weighted by atomic mass is 35.5. The predicted molar refractivity (Wildman–Crippen MR) is 122 cm³/mol. The Labute approximate surface area is 196 Å². The molecule has 2 unspecified atom stereocenters. The quantitative estimate of drug-likeness (QED) is 0.701. The smallest absolute Gasteiger partial charge is 0.271 e. The number of aryl methyl sites for hydroxylation is 1. The van der Waals surface area contributed by atoms with Gasteiger partial charge in [0.25, 0.3) is 11.8 Å². The Morgan fingerprint density at radius 2 is 1.97 bits per heavy atom. The Morgan fingerprint density at radius 1 is 1.25 bits per heavy atom. The second-order valence-electron chi connectivity index (χ2n) is 8.08. The van der Waals surface area contributed by atoms with E-state index in [1.54, 1.807) is 12.1 Å². The van der Waals surface area contributed by atoms with Crippen LogP contribution in [0.15, 0.2) is 41.6 Å². The molecule has 2 amide bonds. The van der Waals surface area contributed by atoms with Crippen LogP contribution in [0.4, 0.5) is 0 Å². The lowest BCUT2D eigenvalue weighted by molar-refractivity contribution is -0.160. The minimum Gasteiger partial charge on any atom is -0.384 e. The van der Waals surface area contributed by atoms with Crippen LogP contribution in [-0.4, -0.2) is 41.8 Å². The van der Waals surface area contributed by atoms with Crippen molar-refractivity contribution in [2.45, 2.75) is 38.8 Å². The van der Waals surface area contributed by atoms with Gasteiger partial charge in [-0.3, -0.25) is 14.4 Å². The van der Waals surface area contributed by atoms with Gasteiger partial charge in [-0.15, -0.1) is 0 Å². The Bertz CT molecular complexity index is 1100. The van der Waals surface area contributed by atoms with Crippen LogP contribution in [0.2, 0.25) is 10.0 Å². The zero-order valence-electron chi connectivity index (χ0n) is 17.9. The standard InChI is InChI=1S/C23H23Cl2N3O4/c1-4-28-22(30)20(12-31-28)26-21(29)18-6-5-14(7-13(18)2)19-11-23(3,32-27-19)15-8-16(24)10-17(25)9-15/h5-10,20H,4,11-12H2,1-3H3,(H,26,29). The molecule has 2 heterocycles. The zero-order valence-corrected chi connectivity index (χ0v) is 19.5. The summed E-state index contributed by atoms with van der Waals surface area (Å²) in [6.45, 7) is 6.15. The van der Waals surface area contributed by atoms with E-state index in [1.165, 1.54) is 5.06 Å². The number of carbonyl (C=O) groups excluding carboxylic acids is 2. The second kappa shape index (κ2) is 8.73. The highest BCUT2D eigenvalue weighted by Gasteiger charge is 2.37. The van der Waals surface area contributed by atoms with Gasteiger partial charge in [-0.2, -0.15) is 0 Å². The van der Waals surface area contributed by atoms with Gasteiger partial charge >= 0.3 is 0 Å². The highest BCUT2D eigenvalue weighted by molar-refractivity contribution is 6.34. The first kappa shape index (κ1) is 22.6. The largest absolute Gasteiger partial charge is 0.384 e. The summed E-state index contributed by atoms with van der Waals surface area (Å²) in [5, 5.41) is 9.35. The number of oxime groups is 1. The van der Waals surface area contributed by atoms with E-state index in [-0.39, 0.29) is 18.4 Å². The maximum atomic E-state index is 12.7. The van der Waals surface area contributed by atoms with Gasteiger partial charge in [-0.05, 0) is 62.2 Å². The van der Waals surface area contributed by atoms with Gasteiger partial charge in [0.15, 0.2) is 5.60 Å². The molecule has 2 aromatic carbocycles. The Morgan fingerprint density at radius 3 is 2.59 bits per heavy atom. The number of hydroxylamine groups is 2. The van der Waals surface area contributed by atoms with Crippen LogP contribution in [0.25, 0.3) is 0 Å². The normalized spacial score (nSPS) is 22.7. The average Bonchev–Trinajstić information content (AvgIpc) is 3.31. The Balaban J connectivity index is 1.48. The molecule has 0 bridgehead atoms. The van der Waals surface area contributed by atoms with E-state index in [0.29, 0.717) is 28.6 Å². The van der Waals surface area contributed by atoms with E-state index in [4.69, 9.17) is 32.9 Å². The maximum Gasteiger partial charge on any atom is 0.271 e. The molecule has 0 aliphatic carbocycles. The molecule has 0 saturated carbocycles. The number of nitrogens with one attached hydrogen (secondary N) is 1. The number of halogens is 2. The summed E-state index contributed by atoms with van der Waals surface area (Å²) in [4.78, 5) is 36.0. The molecule has 1 saturated heterocycles. The van der Waals surface area contributed by atoms with Crippen LogP contribution in [-0.2, 0) is 20.1 Å². The van der Waals surface area contributed by atoms with Crippen LogP contribution in [0.5, 0.6) is 0 Å². The van der Waals surface area contributed by atoms with E-state index in [0.717, 1.165) is 22.4 Å². The first-order valence-electron chi connectivity index (χ1n) is 10.3. The SMILES string of the molecule is CCN1OCC(NC(=O)c2ccc(C3=NOC(C)(c4cc(Cl)cc(Cl)c4)C3)cc2C)C1=O. The molecule has 1 N–H and O–H groups in total. The van der Waals surface area contributed by atoms with Crippen LogP contribution in [0.1, 0.15) is 47.3 Å². The molecule has 0 spiro atoms. The molecular weight excluding hydrogens is 453 g/mol. The third-order valence-electron chi connectivity index (χ3n) is 5.67. The number of rotatable bonds is 5. The topological polar surface area (TPSA) is 80.2 Å². The second-order valence-corrected chi connectivity index (χ2v) is 8.95. The lowest BCUT2D eigenvalue weighted by Gasteiger charge is -2.22. The molecule has 7 nitrogen and oxygen atoms in total. The van der Waals surface area contributed by atoms with Crippen LogP contribution < -0.4 is 5.32 Å². The summed E-state index contributed by atoms with van der Waals surface area (Å²) in [6, 6.07) is 10.1. The fourth-order valence-electron chi connectivity index (χ4n) is 3.87. The fraction of sp³-hybridized carbons (Fsp3) is 0.348. The molecular formula is C23H23Cl2N3O4. The van der Waals surface area contributed by atoms with Gasteiger partial charge in [0, 0.05) is 34.1 Å². The van der Waals surface area contributed by atoms with Crippen molar-refractivity contribution < 1.29 is 19.3 Å². The van der Waals surface area contributed by atoms with Crippen LogP contribution in [0.3, 0.4) is 0 Å². The lowest BCUT2D eigenvalue weighted by atomic mass is 9.88. The highest BCUT2D eigenvalue weighted by Crippen LogP contribution is 2.38. The van der Waals surface area contributed by atoms with E-state index in [2.05, 4.69) is 10.5 Å². The monoisotopic (exact) mass is 475 g/mol. The Kier molecular flexibility index (Phi) is 6.16. The van der Waals surface area contributed by atoms with Crippen molar-refractivity contribution in [2.75, 3.05) is 13.2 Å². The van der Waals surface area contributed by atoms with E-state index < -0.39 is 11.6 Å². The molecule has 2 atom stereocenters. The van der Waals surface area contributed by atoms with Gasteiger partial charge in [-0.25, -0.2) is 5.06 Å². The maximum absolute atomic E-state index is 12.7. The summed E-state index contributed by atoms with van der Waals surface area (Å²) >= 11 is 12.3. The Hall–Kier alpha value is -2.61. The van der Waals surface area contributed by atoms with Crippen molar-refractivity contribution in [3.63, 3.8) is 0 Å². The molecule has 32 heavy (non-hydrogen) atoms. The van der Waals surface area contributed by atoms with Gasteiger partial charge in [0.1, 0.15) is 12.6 Å². The number of carbonyl (C=O) groups is 2. The third-order valence-corrected chi connectivity index (χ3v) is 6.11. The van der Waals surface area contributed by atoms with E-state index in [1.807, 2.05) is 45.0 Å². The van der Waals surface area contributed by atoms with Gasteiger partial charge in [0.2, 0.25) is 0 Å². The molecule has 1 fully saturated rings. The van der Waals surface area contributed by atoms with E-state index >= 15 is 0 Å². The molecule has 0 aromatic heterocycles. The molecule has 9 heteroatoms. The average molecular weight is 476 g/mol. The molecule has 2 aliphatic rings. The number of hydrogen-bond donors (Lipinski definition) is 1. The summed E-state index contributed by atoms with van der Waals surface area (Å²) in [5.41, 5.74) is 3.01. The molecule has 2 aliphatic heterocycles. The molecule has 168 valence electrons. The van der Waals surface area contributed by atoms with Crippen molar-refractivity contribution in [2.24, 2.45) is 5.16 Å². The number of nitrogens with zero attached hydrogens (tertiary/aromatic N) is 2. The lowest BCUT2D eigenvalue weighted by Crippen LogP contribution is -2.42. The minimum absolute atomic E-state index is 0.135. The molecule has 0 radical (unpaired) electrons. The van der Waals surface area contributed by atoms with Crippen LogP contribution >= 0.6 is 23.2 Å². The van der Waals surface area contributed by atoms with Crippen LogP contribution in [0, 0.1) is 6.92 Å². The number of amides is 2. The van der Waals surface area contributed by atoms with Crippen molar-refractivity contribution in [3.05, 3.63) is 68.7 Å². The van der Waals surface area contributed by atoms with Crippen molar-refractivity contribution in [1.29, 1.82) is 0 Å². The number of benzene rings is 2. The predicted octanol–water partition coefficient (Wildman–Crippen LogP) is 4.23. The number of likely N-dealkylation sites (N-methyl/N-ethyl adjacent to an activating group) is 1. The first-order valence-corrected chi connectivity index (χ1v) is 11.0. The summed E-state index contributed by atoms with van der Waals surface area (Å²) in [7, 11) is 0. The minimum atomic E-state index is -0.693.